The summed E-state index contributed by atoms with van der Waals surface area (Å²) in [7, 11) is 0. The number of aryl methyl sites for hydroxylation is 1. The lowest BCUT2D eigenvalue weighted by Crippen LogP contribution is -2.26. The summed E-state index contributed by atoms with van der Waals surface area (Å²) in [4.78, 5) is 0. The molecule has 2 heteroatoms. The van der Waals surface area contributed by atoms with E-state index in [4.69, 9.17) is 10.5 Å². The van der Waals surface area contributed by atoms with Gasteiger partial charge in [0.15, 0.2) is 0 Å². The number of nitrogens with two attached hydrogens (primary N) is 1. The van der Waals surface area contributed by atoms with Crippen LogP contribution in [0.2, 0.25) is 0 Å². The van der Waals surface area contributed by atoms with Gasteiger partial charge >= 0.3 is 0 Å². The van der Waals surface area contributed by atoms with Crippen molar-refractivity contribution in [2.24, 2.45) is 17.1 Å². The van der Waals surface area contributed by atoms with Crippen LogP contribution in [0.4, 0.5) is 0 Å². The maximum absolute atomic E-state index is 5.81. The standard InChI is InChI=1S/C15H25NO/c1-12-6-5-7-14(8-12)17-11-13(10-16)9-15(2,3)4/h5-8,13H,9-11,16H2,1-4H3. The van der Waals surface area contributed by atoms with Crippen molar-refractivity contribution in [2.75, 3.05) is 13.2 Å². The molecule has 17 heavy (non-hydrogen) atoms. The van der Waals surface area contributed by atoms with Gasteiger partial charge in [0.1, 0.15) is 5.75 Å². The minimum absolute atomic E-state index is 0.306. The van der Waals surface area contributed by atoms with E-state index in [0.29, 0.717) is 24.5 Å². The molecule has 0 bridgehead atoms. The molecule has 0 saturated carbocycles. The van der Waals surface area contributed by atoms with Gasteiger partial charge in [0.05, 0.1) is 6.61 Å². The highest BCUT2D eigenvalue weighted by atomic mass is 16.5. The van der Waals surface area contributed by atoms with E-state index in [2.05, 4.69) is 39.8 Å². The molecule has 0 heterocycles. The van der Waals surface area contributed by atoms with Crippen LogP contribution in [0.3, 0.4) is 0 Å². The Morgan fingerprint density at radius 2 is 2.00 bits per heavy atom. The second kappa shape index (κ2) is 6.06. The van der Waals surface area contributed by atoms with Gasteiger partial charge < -0.3 is 10.5 Å². The molecule has 0 aliphatic heterocycles. The SMILES string of the molecule is Cc1cccc(OCC(CN)CC(C)(C)C)c1. The third kappa shape index (κ3) is 5.73. The van der Waals surface area contributed by atoms with Gasteiger partial charge in [-0.25, -0.2) is 0 Å². The van der Waals surface area contributed by atoms with Crippen LogP contribution in [0, 0.1) is 18.3 Å². The van der Waals surface area contributed by atoms with E-state index in [0.717, 1.165) is 12.2 Å². The first-order valence-corrected chi connectivity index (χ1v) is 6.30. The molecule has 0 radical (unpaired) electrons. The Bertz CT molecular complexity index is 341. The van der Waals surface area contributed by atoms with Crippen LogP contribution in [0.1, 0.15) is 32.8 Å². The fraction of sp³-hybridized carbons (Fsp3) is 0.600. The smallest absolute Gasteiger partial charge is 0.119 e. The number of benzene rings is 1. The highest BCUT2D eigenvalue weighted by Crippen LogP contribution is 2.24. The highest BCUT2D eigenvalue weighted by Gasteiger charge is 2.18. The maximum atomic E-state index is 5.81. The molecule has 0 fully saturated rings. The van der Waals surface area contributed by atoms with Crippen molar-refractivity contribution in [1.82, 2.24) is 0 Å². The molecule has 0 saturated heterocycles. The Morgan fingerprint density at radius 3 is 2.53 bits per heavy atom. The van der Waals surface area contributed by atoms with E-state index < -0.39 is 0 Å². The summed E-state index contributed by atoms with van der Waals surface area (Å²) in [6.45, 7) is 10.2. The Balaban J connectivity index is 2.48. The van der Waals surface area contributed by atoms with Crippen molar-refractivity contribution < 1.29 is 4.74 Å². The molecule has 96 valence electrons. The molecule has 0 aliphatic rings. The summed E-state index contributed by atoms with van der Waals surface area (Å²) < 4.78 is 5.81. The van der Waals surface area contributed by atoms with Crippen molar-refractivity contribution in [3.05, 3.63) is 29.8 Å². The van der Waals surface area contributed by atoms with Crippen molar-refractivity contribution in [3.8, 4) is 5.75 Å². The van der Waals surface area contributed by atoms with E-state index in [9.17, 15) is 0 Å². The summed E-state index contributed by atoms with van der Waals surface area (Å²) in [5, 5.41) is 0. The van der Waals surface area contributed by atoms with Crippen LogP contribution in [0.15, 0.2) is 24.3 Å². The average Bonchev–Trinajstić information content (AvgIpc) is 2.23. The van der Waals surface area contributed by atoms with Crippen LogP contribution in [-0.4, -0.2) is 13.2 Å². The summed E-state index contributed by atoms with van der Waals surface area (Å²) in [5.41, 5.74) is 7.32. The monoisotopic (exact) mass is 235 g/mol. The molecule has 2 N–H and O–H groups in total. The molecule has 1 atom stereocenters. The topological polar surface area (TPSA) is 35.2 Å². The second-order valence-corrected chi connectivity index (χ2v) is 5.99. The predicted molar refractivity (Wildman–Crippen MR) is 73.3 cm³/mol. The van der Waals surface area contributed by atoms with Crippen LogP contribution in [-0.2, 0) is 0 Å². The van der Waals surface area contributed by atoms with Gasteiger partial charge in [0, 0.05) is 5.92 Å². The number of ether oxygens (including phenoxy) is 1. The molecule has 0 spiro atoms. The molecule has 1 rings (SSSR count). The Hall–Kier alpha value is -1.02. The molecule has 1 aromatic carbocycles. The van der Waals surface area contributed by atoms with Crippen molar-refractivity contribution >= 4 is 0 Å². The summed E-state index contributed by atoms with van der Waals surface area (Å²) >= 11 is 0. The van der Waals surface area contributed by atoms with Crippen molar-refractivity contribution in [1.29, 1.82) is 0 Å². The zero-order valence-corrected chi connectivity index (χ0v) is 11.5. The third-order valence-electron chi connectivity index (χ3n) is 2.71. The predicted octanol–water partition coefficient (Wildman–Crippen LogP) is 3.38. The van der Waals surface area contributed by atoms with Gasteiger partial charge in [0.2, 0.25) is 0 Å². The normalized spacial score (nSPS) is 13.5. The zero-order valence-electron chi connectivity index (χ0n) is 11.5. The minimum Gasteiger partial charge on any atom is -0.493 e. The third-order valence-corrected chi connectivity index (χ3v) is 2.71. The lowest BCUT2D eigenvalue weighted by atomic mass is 9.85. The van der Waals surface area contributed by atoms with Gasteiger partial charge in [-0.1, -0.05) is 32.9 Å². The zero-order chi connectivity index (χ0) is 12.9. The van der Waals surface area contributed by atoms with E-state index >= 15 is 0 Å². The maximum Gasteiger partial charge on any atom is 0.119 e. The number of hydrogen-bond donors (Lipinski definition) is 1. The van der Waals surface area contributed by atoms with Crippen LogP contribution in [0.25, 0.3) is 0 Å². The Labute approximate surface area is 105 Å². The minimum atomic E-state index is 0.306. The van der Waals surface area contributed by atoms with Crippen molar-refractivity contribution in [2.45, 2.75) is 34.1 Å². The van der Waals surface area contributed by atoms with Crippen LogP contribution in [0.5, 0.6) is 5.75 Å². The molecular weight excluding hydrogens is 210 g/mol. The molecule has 1 unspecified atom stereocenters. The highest BCUT2D eigenvalue weighted by molar-refractivity contribution is 5.27. The van der Waals surface area contributed by atoms with Crippen LogP contribution < -0.4 is 10.5 Å². The molecule has 0 aliphatic carbocycles. The molecular formula is C15H25NO. The largest absolute Gasteiger partial charge is 0.493 e. The van der Waals surface area contributed by atoms with E-state index in [1.807, 2.05) is 12.1 Å². The molecule has 1 aromatic rings. The quantitative estimate of drug-likeness (QED) is 0.849. The van der Waals surface area contributed by atoms with E-state index in [1.165, 1.54) is 5.56 Å². The Kier molecular flexibility index (Phi) is 5.01. The fourth-order valence-electron chi connectivity index (χ4n) is 2.00. The summed E-state index contributed by atoms with van der Waals surface area (Å²) in [6.07, 6.45) is 1.09. The second-order valence-electron chi connectivity index (χ2n) is 5.99. The van der Waals surface area contributed by atoms with Gasteiger partial charge in [-0.15, -0.1) is 0 Å². The van der Waals surface area contributed by atoms with Gasteiger partial charge in [-0.3, -0.25) is 0 Å². The van der Waals surface area contributed by atoms with Gasteiger partial charge in [-0.2, -0.15) is 0 Å². The number of rotatable bonds is 5. The van der Waals surface area contributed by atoms with Crippen LogP contribution >= 0.6 is 0 Å². The fourth-order valence-corrected chi connectivity index (χ4v) is 2.00. The lowest BCUT2D eigenvalue weighted by Gasteiger charge is -2.25. The lowest BCUT2D eigenvalue weighted by molar-refractivity contribution is 0.199. The first-order valence-electron chi connectivity index (χ1n) is 6.30. The molecule has 0 amide bonds. The summed E-state index contributed by atoms with van der Waals surface area (Å²) in [5.74, 6) is 1.37. The molecule has 2 nitrogen and oxygen atoms in total. The first kappa shape index (κ1) is 14.0. The van der Waals surface area contributed by atoms with Crippen molar-refractivity contribution in [3.63, 3.8) is 0 Å². The average molecular weight is 235 g/mol. The number of hydrogen-bond acceptors (Lipinski definition) is 2. The Morgan fingerprint density at radius 1 is 1.29 bits per heavy atom. The first-order chi connectivity index (χ1) is 7.90. The summed E-state index contributed by atoms with van der Waals surface area (Å²) in [6, 6.07) is 8.15. The molecule has 0 aromatic heterocycles. The van der Waals surface area contributed by atoms with E-state index in [1.54, 1.807) is 0 Å². The van der Waals surface area contributed by atoms with E-state index in [-0.39, 0.29) is 0 Å². The van der Waals surface area contributed by atoms with Gasteiger partial charge in [-0.05, 0) is 43.0 Å². The van der Waals surface area contributed by atoms with Gasteiger partial charge in [0.25, 0.3) is 0 Å².